The number of fused-ring (bicyclic) bond motifs is 1. The van der Waals surface area contributed by atoms with Crippen molar-refractivity contribution in [3.63, 3.8) is 0 Å². The number of aliphatic imine (C=N–C) groups is 1. The number of benzene rings is 8. The first kappa shape index (κ1) is 36.8. The number of rotatable bonds is 10. The molecule has 4 heteroatoms. The van der Waals surface area contributed by atoms with Crippen molar-refractivity contribution in [3.05, 3.63) is 235 Å². The molecule has 4 nitrogen and oxygen atoms in total. The summed E-state index contributed by atoms with van der Waals surface area (Å²) in [5.74, 6) is 1.81. The zero-order valence-corrected chi connectivity index (χ0v) is 32.7. The van der Waals surface area contributed by atoms with Crippen molar-refractivity contribution in [3.8, 4) is 45.3 Å². The van der Waals surface area contributed by atoms with Crippen LogP contribution in [-0.4, -0.2) is 21.2 Å². The van der Waals surface area contributed by atoms with Crippen molar-refractivity contribution in [1.82, 2.24) is 15.0 Å². The second kappa shape index (κ2) is 16.7. The zero-order valence-electron chi connectivity index (χ0n) is 32.7. The number of hydrogen-bond acceptors (Lipinski definition) is 4. The van der Waals surface area contributed by atoms with E-state index in [0.29, 0.717) is 17.5 Å². The highest BCUT2D eigenvalue weighted by Crippen LogP contribution is 2.38. The van der Waals surface area contributed by atoms with Gasteiger partial charge in [-0.15, -0.1) is 0 Å². The first-order valence-electron chi connectivity index (χ1n) is 19.8. The third-order valence-corrected chi connectivity index (χ3v) is 10.5. The molecule has 0 radical (unpaired) electrons. The molecule has 0 saturated carbocycles. The molecule has 0 saturated heterocycles. The van der Waals surface area contributed by atoms with E-state index in [2.05, 4.69) is 200 Å². The van der Waals surface area contributed by atoms with E-state index >= 15 is 0 Å². The maximum atomic E-state index is 5.13. The van der Waals surface area contributed by atoms with Gasteiger partial charge in [0.15, 0.2) is 17.5 Å². The summed E-state index contributed by atoms with van der Waals surface area (Å²) >= 11 is 0. The molecule has 59 heavy (non-hydrogen) atoms. The van der Waals surface area contributed by atoms with E-state index in [4.69, 9.17) is 15.0 Å². The van der Waals surface area contributed by atoms with E-state index in [1.165, 1.54) is 5.57 Å². The Hall–Kier alpha value is -7.82. The summed E-state index contributed by atoms with van der Waals surface area (Å²) in [6, 6.07) is 69.7. The van der Waals surface area contributed by atoms with Crippen LogP contribution >= 0.6 is 0 Å². The van der Waals surface area contributed by atoms with Crippen LogP contribution in [0.3, 0.4) is 0 Å². The highest BCUT2D eigenvalue weighted by molar-refractivity contribution is 6.04. The summed E-state index contributed by atoms with van der Waals surface area (Å²) in [6.45, 7) is 5.93. The minimum atomic E-state index is 0.598. The lowest BCUT2D eigenvalue weighted by Crippen LogP contribution is -2.01. The molecule has 0 N–H and O–H groups in total. The summed E-state index contributed by atoms with van der Waals surface area (Å²) in [4.78, 5) is 20.0. The molecular formula is C55H40N4. The Kier molecular flexibility index (Phi) is 10.4. The van der Waals surface area contributed by atoms with Gasteiger partial charge in [-0.05, 0) is 62.7 Å². The summed E-state index contributed by atoms with van der Waals surface area (Å²) in [5, 5.41) is 2.29. The molecule has 0 spiro atoms. The average Bonchev–Trinajstić information content (AvgIpc) is 3.31. The molecule has 8 aromatic carbocycles. The lowest BCUT2D eigenvalue weighted by Gasteiger charge is -2.18. The standard InChI is InChI=1S/C55H40N4/c1-3-38-25-16-26-49(52(38)56-4-2)40-28-32-45(33-29-40)53-57-54(59-55(58-53)48-36-27-39-17-14-15-24-47(39)37-48)46-34-30-44(31-35-46)51(43-22-12-7-13-23-43)50(41-18-8-5-9-19-41)42-20-10-6-11-21-42/h3-37H,1H2,2H3. The SMILES string of the molecule is C=Cc1cccc(-c2ccc(-c3nc(-c4ccc(C(=C(c5ccccc5)c5ccccc5)c5ccccc5)cc4)nc(-c4ccc5ccccc5c4)n3)cc2)c1N=CC. The van der Waals surface area contributed by atoms with Crippen LogP contribution in [0.1, 0.15) is 34.7 Å². The predicted octanol–water partition coefficient (Wildman–Crippen LogP) is 14.1. The van der Waals surface area contributed by atoms with Crippen molar-refractivity contribution >= 4 is 39.9 Å². The second-order valence-electron chi connectivity index (χ2n) is 14.2. The third kappa shape index (κ3) is 7.68. The fourth-order valence-electron chi connectivity index (χ4n) is 7.63. The van der Waals surface area contributed by atoms with E-state index in [0.717, 1.165) is 77.7 Å². The minimum absolute atomic E-state index is 0.598. The van der Waals surface area contributed by atoms with Crippen LogP contribution in [0.25, 0.3) is 73.3 Å². The maximum Gasteiger partial charge on any atom is 0.164 e. The summed E-state index contributed by atoms with van der Waals surface area (Å²) in [5.41, 5.74) is 13.5. The monoisotopic (exact) mass is 756 g/mol. The molecule has 1 heterocycles. The van der Waals surface area contributed by atoms with Gasteiger partial charge in [0.25, 0.3) is 0 Å². The molecular weight excluding hydrogens is 717 g/mol. The van der Waals surface area contributed by atoms with Gasteiger partial charge >= 0.3 is 0 Å². The fraction of sp³-hybridized carbons (Fsp3) is 0.0182. The molecule has 9 aromatic rings. The average molecular weight is 757 g/mol. The molecule has 0 aliphatic heterocycles. The predicted molar refractivity (Wildman–Crippen MR) is 247 cm³/mol. The maximum absolute atomic E-state index is 5.13. The van der Waals surface area contributed by atoms with Crippen LogP contribution in [0.4, 0.5) is 5.69 Å². The molecule has 0 amide bonds. The van der Waals surface area contributed by atoms with E-state index in [1.54, 1.807) is 0 Å². The molecule has 0 atom stereocenters. The molecule has 0 bridgehead atoms. The van der Waals surface area contributed by atoms with Crippen molar-refractivity contribution in [2.24, 2.45) is 4.99 Å². The van der Waals surface area contributed by atoms with Crippen molar-refractivity contribution in [2.75, 3.05) is 0 Å². The molecule has 1 aromatic heterocycles. The van der Waals surface area contributed by atoms with Crippen molar-refractivity contribution in [1.29, 1.82) is 0 Å². The minimum Gasteiger partial charge on any atom is -0.260 e. The first-order chi connectivity index (χ1) is 29.2. The number of aromatic nitrogens is 3. The lowest BCUT2D eigenvalue weighted by molar-refractivity contribution is 1.07. The van der Waals surface area contributed by atoms with Crippen LogP contribution < -0.4 is 0 Å². The molecule has 0 aliphatic rings. The zero-order chi connectivity index (χ0) is 40.0. The summed E-state index contributed by atoms with van der Waals surface area (Å²) < 4.78 is 0. The number of para-hydroxylation sites is 1. The summed E-state index contributed by atoms with van der Waals surface area (Å²) in [6.07, 6.45) is 3.66. The number of nitrogens with zero attached hydrogens (tertiary/aromatic N) is 4. The van der Waals surface area contributed by atoms with Gasteiger partial charge in [-0.25, -0.2) is 15.0 Å². The van der Waals surface area contributed by atoms with Gasteiger partial charge in [-0.3, -0.25) is 4.99 Å². The largest absolute Gasteiger partial charge is 0.260 e. The molecule has 9 rings (SSSR count). The van der Waals surface area contributed by atoms with Crippen LogP contribution in [0.2, 0.25) is 0 Å². The fourth-order valence-corrected chi connectivity index (χ4v) is 7.63. The van der Waals surface area contributed by atoms with Gasteiger partial charge in [-0.1, -0.05) is 207 Å². The van der Waals surface area contributed by atoms with Gasteiger partial charge in [-0.2, -0.15) is 0 Å². The molecule has 0 fully saturated rings. The van der Waals surface area contributed by atoms with E-state index < -0.39 is 0 Å². The van der Waals surface area contributed by atoms with Crippen LogP contribution in [0, 0.1) is 0 Å². The van der Waals surface area contributed by atoms with Gasteiger partial charge in [0.05, 0.1) is 5.69 Å². The Morgan fingerprint density at radius 3 is 1.39 bits per heavy atom. The van der Waals surface area contributed by atoms with Gasteiger partial charge in [0, 0.05) is 34.0 Å². The van der Waals surface area contributed by atoms with E-state index in [-0.39, 0.29) is 0 Å². The Labute approximate surface area is 345 Å². The van der Waals surface area contributed by atoms with Crippen LogP contribution in [0.15, 0.2) is 212 Å². The second-order valence-corrected chi connectivity index (χ2v) is 14.2. The first-order valence-corrected chi connectivity index (χ1v) is 19.8. The highest BCUT2D eigenvalue weighted by Gasteiger charge is 2.18. The highest BCUT2D eigenvalue weighted by atomic mass is 15.0. The van der Waals surface area contributed by atoms with E-state index in [9.17, 15) is 0 Å². The Morgan fingerprint density at radius 2 is 0.864 bits per heavy atom. The van der Waals surface area contributed by atoms with Gasteiger partial charge in [0.2, 0.25) is 0 Å². The van der Waals surface area contributed by atoms with Gasteiger partial charge in [0.1, 0.15) is 0 Å². The normalized spacial score (nSPS) is 11.1. The Morgan fingerprint density at radius 1 is 0.424 bits per heavy atom. The molecule has 0 unspecified atom stereocenters. The topological polar surface area (TPSA) is 51.0 Å². The molecule has 280 valence electrons. The molecule has 0 aliphatic carbocycles. The van der Waals surface area contributed by atoms with E-state index in [1.807, 2.05) is 31.3 Å². The Balaban J connectivity index is 1.18. The quantitative estimate of drug-likeness (QED) is 0.103. The van der Waals surface area contributed by atoms with Crippen LogP contribution in [-0.2, 0) is 0 Å². The third-order valence-electron chi connectivity index (χ3n) is 10.5. The smallest absolute Gasteiger partial charge is 0.164 e. The van der Waals surface area contributed by atoms with Crippen molar-refractivity contribution < 1.29 is 0 Å². The van der Waals surface area contributed by atoms with Gasteiger partial charge < -0.3 is 0 Å². The Bertz CT molecular complexity index is 2930. The van der Waals surface area contributed by atoms with Crippen molar-refractivity contribution in [2.45, 2.75) is 6.92 Å². The number of hydrogen-bond donors (Lipinski definition) is 0. The summed E-state index contributed by atoms with van der Waals surface area (Å²) in [7, 11) is 0. The lowest BCUT2D eigenvalue weighted by atomic mass is 9.85. The van der Waals surface area contributed by atoms with Crippen LogP contribution in [0.5, 0.6) is 0 Å².